The zero-order chi connectivity index (χ0) is 17.2. The van der Waals surface area contributed by atoms with Gasteiger partial charge in [-0.3, -0.25) is 4.79 Å². The third kappa shape index (κ3) is 7.50. The van der Waals surface area contributed by atoms with Gasteiger partial charge in [0.2, 0.25) is 0 Å². The molecule has 1 aromatic carbocycles. The molecule has 1 aromatic heterocycles. The number of hydrogen-bond donors (Lipinski definition) is 2. The topological polar surface area (TPSA) is 72.5 Å². The van der Waals surface area contributed by atoms with E-state index in [1.54, 1.807) is 18.3 Å². The summed E-state index contributed by atoms with van der Waals surface area (Å²) in [5.74, 6) is 0.119. The number of benzene rings is 1. The molecule has 1 atom stereocenters. The molecule has 0 bridgehead atoms. The van der Waals surface area contributed by atoms with E-state index in [0.717, 1.165) is 22.1 Å². The summed E-state index contributed by atoms with van der Waals surface area (Å²) < 4.78 is 5.98. The van der Waals surface area contributed by atoms with E-state index in [-0.39, 0.29) is 12.5 Å². The van der Waals surface area contributed by atoms with Gasteiger partial charge in [0.15, 0.2) is 0 Å². The molecule has 1 heterocycles. The van der Waals surface area contributed by atoms with Crippen molar-refractivity contribution in [2.45, 2.75) is 32.8 Å². The Morgan fingerprint density at radius 1 is 1.39 bits per heavy atom. The normalized spacial score (nSPS) is 11.3. The highest BCUT2D eigenvalue weighted by atomic mass is 35.5. The van der Waals surface area contributed by atoms with Gasteiger partial charge in [-0.1, -0.05) is 36.2 Å². The molecule has 0 saturated carbocycles. The number of rotatable bonds is 6. The molecule has 0 radical (unpaired) electrons. The molecule has 4 nitrogen and oxygen atoms in total. The Kier molecular flexibility index (Phi) is 8.69. The van der Waals surface area contributed by atoms with E-state index >= 15 is 0 Å². The fourth-order valence-corrected chi connectivity index (χ4v) is 2.83. The summed E-state index contributed by atoms with van der Waals surface area (Å²) in [7, 11) is 0. The van der Waals surface area contributed by atoms with Crippen molar-refractivity contribution in [1.82, 2.24) is 0 Å². The number of halogens is 1. The zero-order valence-electron chi connectivity index (χ0n) is 13.3. The fraction of sp³-hybridized carbons (Fsp3) is 0.353. The van der Waals surface area contributed by atoms with Crippen molar-refractivity contribution in [3.05, 3.63) is 51.2 Å². The Bertz CT molecular complexity index is 598. The maximum absolute atomic E-state index is 9.37. The molecule has 2 aromatic rings. The van der Waals surface area contributed by atoms with Gasteiger partial charge in [-0.05, 0) is 31.7 Å². The Morgan fingerprint density at radius 3 is 2.43 bits per heavy atom. The molecule has 0 amide bonds. The quantitative estimate of drug-likeness (QED) is 0.790. The first-order chi connectivity index (χ1) is 11.0. The van der Waals surface area contributed by atoms with Crippen LogP contribution in [0.2, 0.25) is 5.02 Å². The lowest BCUT2D eigenvalue weighted by molar-refractivity contribution is -0.136. The Hall–Kier alpha value is -1.56. The van der Waals surface area contributed by atoms with Crippen LogP contribution in [0, 0.1) is 6.92 Å². The van der Waals surface area contributed by atoms with Gasteiger partial charge in [0.05, 0.1) is 5.02 Å². The average molecular weight is 356 g/mol. The summed E-state index contributed by atoms with van der Waals surface area (Å²) in [6.45, 7) is 4.24. The molecule has 0 fully saturated rings. The number of carboxylic acids is 1. The molecule has 1 unspecified atom stereocenters. The molecule has 0 spiro atoms. The second kappa shape index (κ2) is 10.3. The predicted octanol–water partition coefficient (Wildman–Crippen LogP) is 4.66. The summed E-state index contributed by atoms with van der Waals surface area (Å²) in [4.78, 5) is 10.5. The highest BCUT2D eigenvalue weighted by molar-refractivity contribution is 7.10. The van der Waals surface area contributed by atoms with Crippen molar-refractivity contribution < 1.29 is 14.6 Å². The Morgan fingerprint density at radius 2 is 2.00 bits per heavy atom. The second-order valence-corrected chi connectivity index (χ2v) is 6.29. The van der Waals surface area contributed by atoms with Gasteiger partial charge in [-0.15, -0.1) is 11.3 Å². The lowest BCUT2D eigenvalue weighted by Gasteiger charge is -2.17. The van der Waals surface area contributed by atoms with Crippen LogP contribution >= 0.6 is 22.9 Å². The van der Waals surface area contributed by atoms with Crippen LogP contribution < -0.4 is 10.5 Å². The van der Waals surface area contributed by atoms with Crippen molar-refractivity contribution >= 4 is 28.9 Å². The van der Waals surface area contributed by atoms with Gasteiger partial charge in [-0.25, -0.2) is 0 Å². The molecule has 3 N–H and O–H groups in total. The highest BCUT2D eigenvalue weighted by Crippen LogP contribution is 2.31. The minimum atomic E-state index is -0.745. The van der Waals surface area contributed by atoms with Gasteiger partial charge in [-0.2, -0.15) is 0 Å². The third-order valence-corrected chi connectivity index (χ3v) is 4.31. The minimum Gasteiger partial charge on any atom is -0.485 e. The molecule has 2 rings (SSSR count). The van der Waals surface area contributed by atoms with E-state index < -0.39 is 5.97 Å². The van der Waals surface area contributed by atoms with E-state index in [0.29, 0.717) is 6.54 Å². The molecular formula is C17H22ClNO3S. The number of nitrogens with two attached hydrogens (primary N) is 1. The molecule has 0 aliphatic rings. The summed E-state index contributed by atoms with van der Waals surface area (Å²) in [5, 5.41) is 10.4. The molecule has 0 aliphatic carbocycles. The number of carboxylic acid groups (broad SMARTS) is 1. The van der Waals surface area contributed by atoms with Crippen molar-refractivity contribution in [3.63, 3.8) is 0 Å². The van der Waals surface area contributed by atoms with Crippen LogP contribution in [0.15, 0.2) is 35.7 Å². The molecule has 0 aliphatic heterocycles. The number of aliphatic carboxylic acids is 1. The summed E-state index contributed by atoms with van der Waals surface area (Å²) >= 11 is 7.56. The first kappa shape index (κ1) is 19.5. The van der Waals surface area contributed by atoms with Gasteiger partial charge in [0.25, 0.3) is 0 Å². The van der Waals surface area contributed by atoms with Crippen LogP contribution in [-0.2, 0) is 4.79 Å². The van der Waals surface area contributed by atoms with Crippen molar-refractivity contribution in [2.75, 3.05) is 6.54 Å². The Labute approximate surface area is 145 Å². The van der Waals surface area contributed by atoms with Crippen molar-refractivity contribution in [3.8, 4) is 5.75 Å². The van der Waals surface area contributed by atoms with E-state index in [1.165, 1.54) is 5.56 Å². The van der Waals surface area contributed by atoms with Crippen molar-refractivity contribution in [1.29, 1.82) is 0 Å². The molecule has 23 heavy (non-hydrogen) atoms. The van der Waals surface area contributed by atoms with Crippen LogP contribution in [0.1, 0.15) is 36.3 Å². The number of ether oxygens (including phenoxy) is 1. The van der Waals surface area contributed by atoms with E-state index in [4.69, 9.17) is 27.2 Å². The Balaban J connectivity index is 0.000000463. The number of aryl methyl sites for hydroxylation is 1. The summed E-state index contributed by atoms with van der Waals surface area (Å²) in [5.41, 5.74) is 6.86. The SMILES string of the molecule is CCC(=O)O.Cc1ccc(OC(CCN)c2cc(Cl)cs2)cc1. The van der Waals surface area contributed by atoms with Crippen LogP contribution in [0.3, 0.4) is 0 Å². The van der Waals surface area contributed by atoms with Gasteiger partial charge in [0.1, 0.15) is 11.9 Å². The first-order valence-electron chi connectivity index (χ1n) is 7.35. The number of hydrogen-bond acceptors (Lipinski definition) is 4. The lowest BCUT2D eigenvalue weighted by Crippen LogP contribution is -2.12. The molecule has 126 valence electrons. The smallest absolute Gasteiger partial charge is 0.303 e. The van der Waals surface area contributed by atoms with Gasteiger partial charge >= 0.3 is 5.97 Å². The van der Waals surface area contributed by atoms with Crippen LogP contribution in [0.4, 0.5) is 0 Å². The fourth-order valence-electron chi connectivity index (χ4n) is 1.69. The summed E-state index contributed by atoms with van der Waals surface area (Å²) in [6.07, 6.45) is 0.986. The molecule has 6 heteroatoms. The third-order valence-electron chi connectivity index (χ3n) is 2.94. The van der Waals surface area contributed by atoms with E-state index in [9.17, 15) is 4.79 Å². The second-order valence-electron chi connectivity index (χ2n) is 4.91. The zero-order valence-corrected chi connectivity index (χ0v) is 14.9. The average Bonchev–Trinajstić information content (AvgIpc) is 2.96. The summed E-state index contributed by atoms with van der Waals surface area (Å²) in [6, 6.07) is 9.98. The number of carbonyl (C=O) groups is 1. The van der Waals surface area contributed by atoms with Gasteiger partial charge < -0.3 is 15.6 Å². The van der Waals surface area contributed by atoms with Crippen LogP contribution in [0.25, 0.3) is 0 Å². The lowest BCUT2D eigenvalue weighted by atomic mass is 10.2. The van der Waals surface area contributed by atoms with E-state index in [1.807, 2.05) is 35.7 Å². The maximum Gasteiger partial charge on any atom is 0.303 e. The van der Waals surface area contributed by atoms with E-state index in [2.05, 4.69) is 6.92 Å². The highest BCUT2D eigenvalue weighted by Gasteiger charge is 2.14. The largest absolute Gasteiger partial charge is 0.485 e. The maximum atomic E-state index is 9.37. The minimum absolute atomic E-state index is 0.0183. The monoisotopic (exact) mass is 355 g/mol. The van der Waals surface area contributed by atoms with Crippen LogP contribution in [0.5, 0.6) is 5.75 Å². The first-order valence-corrected chi connectivity index (χ1v) is 8.61. The van der Waals surface area contributed by atoms with Crippen LogP contribution in [-0.4, -0.2) is 17.6 Å². The van der Waals surface area contributed by atoms with Gasteiger partial charge in [0, 0.05) is 23.1 Å². The molecule has 0 saturated heterocycles. The van der Waals surface area contributed by atoms with Crippen molar-refractivity contribution in [2.24, 2.45) is 5.73 Å². The molecular weight excluding hydrogens is 334 g/mol. The standard InChI is InChI=1S/C14H16ClNOS.C3H6O2/c1-10-2-4-12(5-3-10)17-13(6-7-16)14-8-11(15)9-18-14;1-2-3(4)5/h2-5,8-9,13H,6-7,16H2,1H3;2H2,1H3,(H,4,5). The number of thiophene rings is 1. The predicted molar refractivity (Wildman–Crippen MR) is 95.5 cm³/mol.